The molecular weight excluding hydrogens is 252 g/mol. The molecule has 20 heavy (non-hydrogen) atoms. The lowest BCUT2D eigenvalue weighted by atomic mass is 10.1. The maximum Gasteiger partial charge on any atom is 0.337 e. The molecule has 0 heterocycles. The van der Waals surface area contributed by atoms with E-state index in [1.165, 1.54) is 12.7 Å². The molecule has 0 aliphatic rings. The van der Waals surface area contributed by atoms with Crippen LogP contribution in [0.2, 0.25) is 0 Å². The molecule has 0 radical (unpaired) electrons. The molecule has 3 heteroatoms. The highest BCUT2D eigenvalue weighted by Crippen LogP contribution is 2.07. The van der Waals surface area contributed by atoms with E-state index < -0.39 is 0 Å². The van der Waals surface area contributed by atoms with Gasteiger partial charge < -0.3 is 9.47 Å². The van der Waals surface area contributed by atoms with Crippen molar-refractivity contribution in [2.45, 2.75) is 13.0 Å². The van der Waals surface area contributed by atoms with Gasteiger partial charge in [-0.1, -0.05) is 42.5 Å². The van der Waals surface area contributed by atoms with Gasteiger partial charge in [-0.2, -0.15) is 0 Å². The summed E-state index contributed by atoms with van der Waals surface area (Å²) in [5.41, 5.74) is 2.89. The summed E-state index contributed by atoms with van der Waals surface area (Å²) in [6, 6.07) is 17.5. The Kier molecular flexibility index (Phi) is 5.33. The molecule has 2 aromatic rings. The molecule has 3 nitrogen and oxygen atoms in total. The van der Waals surface area contributed by atoms with Gasteiger partial charge in [-0.05, 0) is 29.7 Å². The van der Waals surface area contributed by atoms with Gasteiger partial charge in [0.05, 0.1) is 25.9 Å². The van der Waals surface area contributed by atoms with E-state index in [4.69, 9.17) is 4.74 Å². The molecule has 0 saturated carbocycles. The summed E-state index contributed by atoms with van der Waals surface area (Å²) in [6.07, 6.45) is 0.828. The molecule has 0 aliphatic heterocycles. The Morgan fingerprint density at radius 2 is 1.65 bits per heavy atom. The number of carbonyl (C=O) groups is 1. The Balaban J connectivity index is 1.75. The van der Waals surface area contributed by atoms with Crippen molar-refractivity contribution < 1.29 is 14.3 Å². The van der Waals surface area contributed by atoms with E-state index in [1.54, 1.807) is 12.1 Å². The average molecular weight is 270 g/mol. The number of hydrogen-bond acceptors (Lipinski definition) is 3. The monoisotopic (exact) mass is 270 g/mol. The predicted octanol–water partition coefficient (Wildman–Crippen LogP) is 3.23. The number of ether oxygens (including phenoxy) is 2. The third-order valence-corrected chi connectivity index (χ3v) is 3.02. The lowest BCUT2D eigenvalue weighted by molar-refractivity contribution is 0.0600. The molecule has 0 N–H and O–H groups in total. The average Bonchev–Trinajstić information content (AvgIpc) is 2.52. The number of esters is 1. The van der Waals surface area contributed by atoms with Crippen LogP contribution in [0.3, 0.4) is 0 Å². The fourth-order valence-electron chi connectivity index (χ4n) is 1.88. The zero-order chi connectivity index (χ0) is 14.2. The summed E-state index contributed by atoms with van der Waals surface area (Å²) in [4.78, 5) is 11.3. The molecule has 0 saturated heterocycles. The Hall–Kier alpha value is -2.13. The van der Waals surface area contributed by atoms with Gasteiger partial charge in [0.1, 0.15) is 0 Å². The van der Waals surface area contributed by atoms with Crippen molar-refractivity contribution in [2.75, 3.05) is 13.7 Å². The van der Waals surface area contributed by atoms with Crippen LogP contribution in [0.4, 0.5) is 0 Å². The number of benzene rings is 2. The van der Waals surface area contributed by atoms with E-state index in [2.05, 4.69) is 4.74 Å². The molecule has 0 atom stereocenters. The Morgan fingerprint density at radius 1 is 0.950 bits per heavy atom. The molecule has 0 fully saturated rings. The minimum atomic E-state index is -0.308. The van der Waals surface area contributed by atoms with Crippen molar-refractivity contribution in [3.8, 4) is 0 Å². The smallest absolute Gasteiger partial charge is 0.337 e. The van der Waals surface area contributed by atoms with E-state index >= 15 is 0 Å². The molecule has 0 aliphatic carbocycles. The molecule has 2 rings (SSSR count). The minimum Gasteiger partial charge on any atom is -0.465 e. The highest BCUT2D eigenvalue weighted by molar-refractivity contribution is 5.89. The van der Waals surface area contributed by atoms with Crippen LogP contribution in [0.25, 0.3) is 0 Å². The summed E-state index contributed by atoms with van der Waals surface area (Å²) in [7, 11) is 1.38. The van der Waals surface area contributed by atoms with Crippen molar-refractivity contribution in [1.29, 1.82) is 0 Å². The fraction of sp³-hybridized carbons (Fsp3) is 0.235. The second kappa shape index (κ2) is 7.46. The largest absolute Gasteiger partial charge is 0.465 e. The Bertz CT molecular complexity index is 532. The van der Waals surface area contributed by atoms with Gasteiger partial charge >= 0.3 is 5.97 Å². The SMILES string of the molecule is COC(=O)c1ccc(CCOCc2ccccc2)cc1. The van der Waals surface area contributed by atoms with Crippen LogP contribution >= 0.6 is 0 Å². The van der Waals surface area contributed by atoms with Crippen LogP contribution in [0, 0.1) is 0 Å². The first-order valence-electron chi connectivity index (χ1n) is 6.58. The Labute approximate surface area is 119 Å². The second-order valence-corrected chi connectivity index (χ2v) is 4.48. The zero-order valence-electron chi connectivity index (χ0n) is 11.5. The third kappa shape index (κ3) is 4.21. The van der Waals surface area contributed by atoms with E-state index in [0.717, 1.165) is 12.0 Å². The Morgan fingerprint density at radius 3 is 2.30 bits per heavy atom. The maximum absolute atomic E-state index is 11.3. The van der Waals surface area contributed by atoms with E-state index in [0.29, 0.717) is 18.8 Å². The van der Waals surface area contributed by atoms with Crippen LogP contribution in [-0.2, 0) is 22.5 Å². The van der Waals surface area contributed by atoms with Crippen LogP contribution < -0.4 is 0 Å². The van der Waals surface area contributed by atoms with Crippen LogP contribution in [0.15, 0.2) is 54.6 Å². The molecule has 0 unspecified atom stereocenters. The van der Waals surface area contributed by atoms with Gasteiger partial charge in [0.25, 0.3) is 0 Å². The van der Waals surface area contributed by atoms with Crippen LogP contribution in [-0.4, -0.2) is 19.7 Å². The predicted molar refractivity (Wildman–Crippen MR) is 77.6 cm³/mol. The van der Waals surface area contributed by atoms with Crippen LogP contribution in [0.5, 0.6) is 0 Å². The van der Waals surface area contributed by atoms with Gasteiger partial charge in [-0.15, -0.1) is 0 Å². The van der Waals surface area contributed by atoms with Gasteiger partial charge in [0, 0.05) is 0 Å². The number of hydrogen-bond donors (Lipinski definition) is 0. The highest BCUT2D eigenvalue weighted by atomic mass is 16.5. The van der Waals surface area contributed by atoms with E-state index in [-0.39, 0.29) is 5.97 Å². The first-order chi connectivity index (χ1) is 9.79. The zero-order valence-corrected chi connectivity index (χ0v) is 11.5. The number of carbonyl (C=O) groups excluding carboxylic acids is 1. The van der Waals surface area contributed by atoms with Gasteiger partial charge in [-0.3, -0.25) is 0 Å². The number of methoxy groups -OCH3 is 1. The van der Waals surface area contributed by atoms with Crippen LogP contribution in [0.1, 0.15) is 21.5 Å². The molecule has 2 aromatic carbocycles. The third-order valence-electron chi connectivity index (χ3n) is 3.02. The first-order valence-corrected chi connectivity index (χ1v) is 6.58. The summed E-state index contributed by atoms with van der Waals surface area (Å²) in [5, 5.41) is 0. The van der Waals surface area contributed by atoms with Crippen molar-refractivity contribution in [2.24, 2.45) is 0 Å². The summed E-state index contributed by atoms with van der Waals surface area (Å²) < 4.78 is 10.3. The highest BCUT2D eigenvalue weighted by Gasteiger charge is 2.04. The summed E-state index contributed by atoms with van der Waals surface area (Å²) in [5.74, 6) is -0.308. The van der Waals surface area contributed by atoms with Crippen molar-refractivity contribution in [1.82, 2.24) is 0 Å². The van der Waals surface area contributed by atoms with E-state index in [1.807, 2.05) is 42.5 Å². The fourth-order valence-corrected chi connectivity index (χ4v) is 1.88. The lowest BCUT2D eigenvalue weighted by Crippen LogP contribution is -2.02. The first kappa shape index (κ1) is 14.3. The van der Waals surface area contributed by atoms with Crippen molar-refractivity contribution >= 4 is 5.97 Å². The lowest BCUT2D eigenvalue weighted by Gasteiger charge is -2.05. The van der Waals surface area contributed by atoms with E-state index in [9.17, 15) is 4.79 Å². The standard InChI is InChI=1S/C17H18O3/c1-19-17(18)16-9-7-14(8-10-16)11-12-20-13-15-5-3-2-4-6-15/h2-10H,11-13H2,1H3. The second-order valence-electron chi connectivity index (χ2n) is 4.48. The minimum absolute atomic E-state index is 0.308. The van der Waals surface area contributed by atoms with Gasteiger partial charge in [0.15, 0.2) is 0 Å². The van der Waals surface area contributed by atoms with Crippen molar-refractivity contribution in [3.05, 3.63) is 71.3 Å². The number of rotatable bonds is 6. The van der Waals surface area contributed by atoms with Crippen molar-refractivity contribution in [3.63, 3.8) is 0 Å². The topological polar surface area (TPSA) is 35.5 Å². The molecule has 0 spiro atoms. The molecular formula is C17H18O3. The molecule has 104 valence electrons. The van der Waals surface area contributed by atoms with Gasteiger partial charge in [-0.25, -0.2) is 4.79 Å². The molecule has 0 amide bonds. The normalized spacial score (nSPS) is 10.2. The molecule has 0 bridgehead atoms. The molecule has 0 aromatic heterocycles. The maximum atomic E-state index is 11.3. The quantitative estimate of drug-likeness (QED) is 0.597. The summed E-state index contributed by atoms with van der Waals surface area (Å²) >= 11 is 0. The van der Waals surface area contributed by atoms with Gasteiger partial charge in [0.2, 0.25) is 0 Å². The summed E-state index contributed by atoms with van der Waals surface area (Å²) in [6.45, 7) is 1.29.